The maximum absolute atomic E-state index is 6.08. The van der Waals surface area contributed by atoms with Crippen molar-refractivity contribution in [2.45, 2.75) is 0 Å². The smallest absolute Gasteiger partial charge is 0.162 e. The summed E-state index contributed by atoms with van der Waals surface area (Å²) in [6.07, 6.45) is 1.81. The Labute approximate surface area is 187 Å². The fourth-order valence-electron chi connectivity index (χ4n) is 4.41. The third kappa shape index (κ3) is 2.85. The van der Waals surface area contributed by atoms with E-state index in [4.69, 9.17) is 14.4 Å². The van der Waals surface area contributed by atoms with E-state index in [0.717, 1.165) is 60.8 Å². The Morgan fingerprint density at radius 2 is 1.61 bits per heavy atom. The van der Waals surface area contributed by atoms with E-state index >= 15 is 0 Å². The van der Waals surface area contributed by atoms with Crippen molar-refractivity contribution in [1.29, 1.82) is 0 Å². The molecule has 6 nitrogen and oxygen atoms in total. The first kappa shape index (κ1) is 17.9. The zero-order valence-electron chi connectivity index (χ0n) is 17.4. The lowest BCUT2D eigenvalue weighted by Gasteiger charge is -2.12. The van der Waals surface area contributed by atoms with Gasteiger partial charge >= 0.3 is 0 Å². The van der Waals surface area contributed by atoms with Gasteiger partial charge in [-0.3, -0.25) is 5.10 Å². The van der Waals surface area contributed by atoms with Crippen LogP contribution in [0.2, 0.25) is 0 Å². The van der Waals surface area contributed by atoms with Gasteiger partial charge in [0, 0.05) is 32.8 Å². The van der Waals surface area contributed by atoms with Crippen molar-refractivity contribution >= 4 is 55.2 Å². The zero-order valence-corrected chi connectivity index (χ0v) is 17.4. The van der Waals surface area contributed by atoms with Gasteiger partial charge in [-0.2, -0.15) is 5.10 Å². The summed E-state index contributed by atoms with van der Waals surface area (Å²) in [6, 6.07) is 28.2. The average Bonchev–Trinajstić information content (AvgIpc) is 3.48. The predicted molar refractivity (Wildman–Crippen MR) is 132 cm³/mol. The Hall–Kier alpha value is -4.71. The minimum atomic E-state index is 0.651. The molecule has 3 aromatic heterocycles. The molecule has 0 atom stereocenters. The minimum Gasteiger partial charge on any atom is -0.456 e. The molecule has 6 heteroatoms. The van der Waals surface area contributed by atoms with E-state index in [-0.39, 0.29) is 0 Å². The molecule has 0 saturated heterocycles. The van der Waals surface area contributed by atoms with E-state index in [1.165, 1.54) is 0 Å². The van der Waals surface area contributed by atoms with Crippen molar-refractivity contribution in [2.75, 3.05) is 5.32 Å². The van der Waals surface area contributed by atoms with E-state index in [2.05, 4.69) is 33.7 Å². The summed E-state index contributed by atoms with van der Waals surface area (Å²) in [4.78, 5) is 9.90. The second-order valence-corrected chi connectivity index (χ2v) is 7.99. The third-order valence-corrected chi connectivity index (χ3v) is 5.95. The highest BCUT2D eigenvalue weighted by molar-refractivity contribution is 6.12. The van der Waals surface area contributed by atoms with Gasteiger partial charge in [0.25, 0.3) is 0 Å². The van der Waals surface area contributed by atoms with Crippen LogP contribution >= 0.6 is 0 Å². The molecule has 4 aromatic carbocycles. The summed E-state index contributed by atoms with van der Waals surface area (Å²) < 4.78 is 6.08. The van der Waals surface area contributed by atoms with Gasteiger partial charge in [0.15, 0.2) is 5.82 Å². The molecule has 0 spiro atoms. The second kappa shape index (κ2) is 6.90. The quantitative estimate of drug-likeness (QED) is 0.324. The number of fused-ring (bicyclic) bond motifs is 5. The summed E-state index contributed by atoms with van der Waals surface area (Å²) in [6.45, 7) is 0. The number of hydrogen-bond donors (Lipinski definition) is 2. The molecule has 0 fully saturated rings. The molecule has 0 bridgehead atoms. The van der Waals surface area contributed by atoms with Gasteiger partial charge in [-0.25, -0.2) is 9.97 Å². The molecule has 0 radical (unpaired) electrons. The molecule has 156 valence electrons. The number of nitrogens with zero attached hydrogens (tertiary/aromatic N) is 3. The molecule has 33 heavy (non-hydrogen) atoms. The maximum Gasteiger partial charge on any atom is 0.162 e. The molecule has 0 amide bonds. The number of aromatic nitrogens is 4. The monoisotopic (exact) mass is 427 g/mol. The van der Waals surface area contributed by atoms with Crippen LogP contribution in [0.3, 0.4) is 0 Å². The van der Waals surface area contributed by atoms with E-state index in [1.54, 1.807) is 0 Å². The van der Waals surface area contributed by atoms with Gasteiger partial charge < -0.3 is 9.73 Å². The van der Waals surface area contributed by atoms with Crippen LogP contribution in [0.25, 0.3) is 55.1 Å². The number of para-hydroxylation sites is 2. The van der Waals surface area contributed by atoms with E-state index < -0.39 is 0 Å². The number of hydrogen-bond acceptors (Lipinski definition) is 5. The van der Waals surface area contributed by atoms with Crippen LogP contribution in [0.15, 0.2) is 95.5 Å². The van der Waals surface area contributed by atoms with Crippen molar-refractivity contribution in [1.82, 2.24) is 20.2 Å². The molecule has 3 heterocycles. The normalized spacial score (nSPS) is 11.6. The number of anilines is 2. The lowest BCUT2D eigenvalue weighted by atomic mass is 10.1. The van der Waals surface area contributed by atoms with Crippen LogP contribution in [0, 0.1) is 0 Å². The van der Waals surface area contributed by atoms with E-state index in [0.29, 0.717) is 5.82 Å². The van der Waals surface area contributed by atoms with Crippen LogP contribution in [0.4, 0.5) is 11.5 Å². The van der Waals surface area contributed by atoms with Crippen molar-refractivity contribution < 1.29 is 4.42 Å². The van der Waals surface area contributed by atoms with Gasteiger partial charge in [0.2, 0.25) is 0 Å². The first-order valence-electron chi connectivity index (χ1n) is 10.7. The van der Waals surface area contributed by atoms with Crippen molar-refractivity contribution in [2.24, 2.45) is 0 Å². The highest BCUT2D eigenvalue weighted by Crippen LogP contribution is 2.37. The summed E-state index contributed by atoms with van der Waals surface area (Å²) in [5.41, 5.74) is 5.42. The number of furan rings is 1. The van der Waals surface area contributed by atoms with Crippen LogP contribution in [0.1, 0.15) is 0 Å². The summed E-state index contributed by atoms with van der Waals surface area (Å²) >= 11 is 0. The van der Waals surface area contributed by atoms with Gasteiger partial charge in [-0.1, -0.05) is 42.5 Å². The van der Waals surface area contributed by atoms with Gasteiger partial charge in [0.05, 0.1) is 17.2 Å². The Balaban J connectivity index is 1.45. The van der Waals surface area contributed by atoms with Gasteiger partial charge in [-0.15, -0.1) is 0 Å². The Morgan fingerprint density at radius 3 is 2.58 bits per heavy atom. The summed E-state index contributed by atoms with van der Waals surface area (Å²) in [5, 5.41) is 14.7. The number of rotatable bonds is 3. The molecule has 0 unspecified atom stereocenters. The largest absolute Gasteiger partial charge is 0.456 e. The lowest BCUT2D eigenvalue weighted by Crippen LogP contribution is -1.99. The zero-order chi connectivity index (χ0) is 21.8. The standard InChI is InChI=1S/C27H17N5O/c1-3-9-22-18(6-1)26(29-17-12-13-21-16(14-17)15-28-32-21)31-27(30-22)20-8-5-11-24-25(20)19-7-2-4-10-23(19)33-24/h1-15H,(H,28,32)(H,29,30,31). The Morgan fingerprint density at radius 1 is 0.758 bits per heavy atom. The molecule has 0 aliphatic rings. The third-order valence-electron chi connectivity index (χ3n) is 5.95. The first-order chi connectivity index (χ1) is 16.3. The molecule has 2 N–H and O–H groups in total. The topological polar surface area (TPSA) is 79.6 Å². The minimum absolute atomic E-state index is 0.651. The fourth-order valence-corrected chi connectivity index (χ4v) is 4.41. The Bertz CT molecular complexity index is 1810. The van der Waals surface area contributed by atoms with Gasteiger partial charge in [0.1, 0.15) is 17.0 Å². The number of H-pyrrole nitrogens is 1. The fraction of sp³-hybridized carbons (Fsp3) is 0. The van der Waals surface area contributed by atoms with Crippen LogP contribution in [0.5, 0.6) is 0 Å². The first-order valence-corrected chi connectivity index (χ1v) is 10.7. The molecule has 0 saturated carbocycles. The van der Waals surface area contributed by atoms with Crippen molar-refractivity contribution in [3.8, 4) is 11.4 Å². The molecule has 0 aliphatic heterocycles. The van der Waals surface area contributed by atoms with Crippen LogP contribution in [-0.2, 0) is 0 Å². The molecular formula is C27H17N5O. The SMILES string of the molecule is c1ccc2c(Nc3ccc4[nH]ncc4c3)nc(-c3cccc4oc5ccccc5c34)nc2c1. The summed E-state index contributed by atoms with van der Waals surface area (Å²) in [7, 11) is 0. The van der Waals surface area contributed by atoms with Gasteiger partial charge in [-0.05, 0) is 42.5 Å². The predicted octanol–water partition coefficient (Wildman–Crippen LogP) is 6.82. The lowest BCUT2D eigenvalue weighted by molar-refractivity contribution is 0.669. The molecule has 7 rings (SSSR count). The number of nitrogens with one attached hydrogen (secondary N) is 2. The molecule has 0 aliphatic carbocycles. The summed E-state index contributed by atoms with van der Waals surface area (Å²) in [5.74, 6) is 1.40. The molecular weight excluding hydrogens is 410 g/mol. The number of aromatic amines is 1. The van der Waals surface area contributed by atoms with Crippen molar-refractivity contribution in [3.63, 3.8) is 0 Å². The van der Waals surface area contributed by atoms with E-state index in [1.807, 2.05) is 72.9 Å². The number of benzene rings is 4. The highest BCUT2D eigenvalue weighted by atomic mass is 16.3. The van der Waals surface area contributed by atoms with Crippen LogP contribution < -0.4 is 5.32 Å². The second-order valence-electron chi connectivity index (χ2n) is 7.99. The average molecular weight is 427 g/mol. The Kier molecular flexibility index (Phi) is 3.75. The highest BCUT2D eigenvalue weighted by Gasteiger charge is 2.16. The molecule has 7 aromatic rings. The van der Waals surface area contributed by atoms with E-state index in [9.17, 15) is 0 Å². The van der Waals surface area contributed by atoms with Crippen molar-refractivity contribution in [3.05, 3.63) is 91.1 Å². The maximum atomic E-state index is 6.08. The van der Waals surface area contributed by atoms with Crippen LogP contribution in [-0.4, -0.2) is 20.2 Å².